The van der Waals surface area contributed by atoms with E-state index in [2.05, 4.69) is 4.99 Å². The third kappa shape index (κ3) is 4.23. The first-order valence-electron chi connectivity index (χ1n) is 8.06. The number of fused-ring (bicyclic) bond motifs is 1. The van der Waals surface area contributed by atoms with Crippen molar-refractivity contribution in [1.29, 1.82) is 0 Å². The van der Waals surface area contributed by atoms with Crippen LogP contribution < -0.4 is 18.7 Å². The summed E-state index contributed by atoms with van der Waals surface area (Å²) < 4.78 is 43.5. The number of halogens is 1. The molecule has 1 atom stereocenters. The normalized spacial score (nSPS) is 17.1. The lowest BCUT2D eigenvalue weighted by Gasteiger charge is -2.12. The van der Waals surface area contributed by atoms with Gasteiger partial charge < -0.3 is 4.74 Å². The number of hydrogen-bond donors (Lipinski definition) is 0. The van der Waals surface area contributed by atoms with E-state index in [1.165, 1.54) is 0 Å². The highest BCUT2D eigenvalue weighted by Crippen LogP contribution is 2.45. The first kappa shape index (κ1) is 19.4. The Morgan fingerprint density at radius 2 is 1.57 bits per heavy atom. The molecule has 0 bridgehead atoms. The molecule has 9 heteroatoms. The molecule has 0 saturated heterocycles. The average Bonchev–Trinajstić information content (AvgIpc) is 3.09. The zero-order chi connectivity index (χ0) is 19.7. The number of hydrogen-bond acceptors (Lipinski definition) is 7. The molecule has 6 nitrogen and oxygen atoms in total. The lowest BCUT2D eigenvalue weighted by molar-refractivity contribution is -1.91. The molecule has 0 spiro atoms. The molecule has 4 rings (SSSR count). The summed E-state index contributed by atoms with van der Waals surface area (Å²) in [6.45, 7) is 0. The third-order valence-electron chi connectivity index (χ3n) is 3.98. The molecular weight excluding hydrogens is 422 g/mol. The Labute approximate surface area is 169 Å². The van der Waals surface area contributed by atoms with Crippen molar-refractivity contribution in [3.8, 4) is 5.75 Å². The van der Waals surface area contributed by atoms with Crippen LogP contribution in [0.25, 0.3) is 10.8 Å². The van der Waals surface area contributed by atoms with E-state index in [0.717, 1.165) is 27.1 Å². The number of nitrogens with zero attached hydrogens (tertiary/aromatic N) is 1. The summed E-state index contributed by atoms with van der Waals surface area (Å²) in [4.78, 5) is 4.98. The summed E-state index contributed by atoms with van der Waals surface area (Å²) in [6.07, 6.45) is 0. The number of methoxy groups -OCH3 is 1. The van der Waals surface area contributed by atoms with Gasteiger partial charge >= 0.3 is 0 Å². The maximum absolute atomic E-state index is 11.2. The highest BCUT2D eigenvalue weighted by molar-refractivity contribution is 8.87. The molecule has 144 valence electrons. The molecule has 1 unspecified atom stereocenters. The minimum atomic E-state index is -4.59. The summed E-state index contributed by atoms with van der Waals surface area (Å²) in [5.74, 6) is 0.657. The molecule has 1 heterocycles. The summed E-state index contributed by atoms with van der Waals surface area (Å²) in [6, 6.07) is 20.7. The summed E-state index contributed by atoms with van der Waals surface area (Å²) in [5.41, 5.74) is 1.49. The van der Waals surface area contributed by atoms with Gasteiger partial charge in [0.1, 0.15) is 19.5 Å². The standard InChI is InChI=1S/C19H14ClNO5S2/c1-25-17-10-8-14(9-11-17)19-21-18(27-28(19)26-20(22,23)24)16-7-6-13-4-2-3-5-15(13)12-16/h2-12H,1H3. The van der Waals surface area contributed by atoms with Crippen LogP contribution in [0.2, 0.25) is 0 Å². The quantitative estimate of drug-likeness (QED) is 0.445. The van der Waals surface area contributed by atoms with Crippen molar-refractivity contribution >= 4 is 41.4 Å². The number of rotatable bonds is 5. The van der Waals surface area contributed by atoms with Crippen LogP contribution in [0.5, 0.6) is 5.75 Å². The van der Waals surface area contributed by atoms with Crippen molar-refractivity contribution < 1.29 is 32.7 Å². The molecule has 0 aromatic heterocycles. The van der Waals surface area contributed by atoms with Gasteiger partial charge in [-0.2, -0.15) is 14.0 Å². The predicted molar refractivity (Wildman–Crippen MR) is 104 cm³/mol. The van der Waals surface area contributed by atoms with E-state index in [9.17, 15) is 14.0 Å². The maximum atomic E-state index is 11.2. The fourth-order valence-corrected chi connectivity index (χ4v) is 7.00. The van der Waals surface area contributed by atoms with E-state index in [1.807, 2.05) is 42.5 Å². The second-order valence-electron chi connectivity index (χ2n) is 5.77. The van der Waals surface area contributed by atoms with Gasteiger partial charge in [-0.3, -0.25) is 0 Å². The number of ether oxygens (including phenoxy) is 1. The second kappa shape index (κ2) is 7.84. The Morgan fingerprint density at radius 3 is 2.25 bits per heavy atom. The minimum Gasteiger partial charge on any atom is -0.497 e. The first-order chi connectivity index (χ1) is 13.4. The van der Waals surface area contributed by atoms with E-state index >= 15 is 0 Å². The molecule has 1 aliphatic rings. The Hall–Kier alpha value is -1.91. The molecule has 28 heavy (non-hydrogen) atoms. The molecule has 3 aromatic carbocycles. The van der Waals surface area contributed by atoms with Crippen molar-refractivity contribution in [2.75, 3.05) is 7.11 Å². The van der Waals surface area contributed by atoms with Gasteiger partial charge in [-0.05, 0) is 41.1 Å². The van der Waals surface area contributed by atoms with Crippen LogP contribution in [0.15, 0.2) is 71.7 Å². The Bertz CT molecular complexity index is 1090. The van der Waals surface area contributed by atoms with Gasteiger partial charge in [0, 0.05) is 21.9 Å². The van der Waals surface area contributed by atoms with Crippen LogP contribution in [0.4, 0.5) is 0 Å². The predicted octanol–water partition coefficient (Wildman–Crippen LogP) is 1.53. The molecular formula is C19H14ClNO5S2. The Balaban J connectivity index is 1.73. The lowest BCUT2D eigenvalue weighted by atomic mass is 10.1. The van der Waals surface area contributed by atoms with Gasteiger partial charge in [0.15, 0.2) is 0 Å². The lowest BCUT2D eigenvalue weighted by Crippen LogP contribution is -2.60. The molecule has 3 aromatic rings. The van der Waals surface area contributed by atoms with Crippen LogP contribution in [-0.4, -0.2) is 17.1 Å². The van der Waals surface area contributed by atoms with Gasteiger partial charge in [-0.25, -0.2) is 4.99 Å². The van der Waals surface area contributed by atoms with Crippen molar-refractivity contribution in [2.24, 2.45) is 4.99 Å². The fraction of sp³-hybridized carbons (Fsp3) is 0.0526. The maximum Gasteiger partial charge on any atom is 0.200 e. The van der Waals surface area contributed by atoms with Crippen LogP contribution in [0, 0.1) is 10.2 Å². The number of aliphatic imine (C=N–C) groups is 1. The SMILES string of the molecule is COc1ccc(C2=S(O[Cl+3]([O-])([O-])[O-])SC(c3ccc4ccccc4c3)=N2)cc1. The van der Waals surface area contributed by atoms with Crippen LogP contribution in [-0.2, 0) is 3.74 Å². The van der Waals surface area contributed by atoms with Gasteiger partial charge in [0.2, 0.25) is 9.80 Å². The van der Waals surface area contributed by atoms with Crippen molar-refractivity contribution in [3.63, 3.8) is 0 Å². The minimum absolute atomic E-state index is 0.391. The molecule has 0 saturated carbocycles. The molecule has 0 aliphatic carbocycles. The van der Waals surface area contributed by atoms with E-state index in [1.54, 1.807) is 31.4 Å². The highest BCUT2D eigenvalue weighted by atomic mass is 35.7. The van der Waals surface area contributed by atoms with Gasteiger partial charge in [-0.15, -0.1) is 0 Å². The summed E-state index contributed by atoms with van der Waals surface area (Å²) >= 11 is 0. The zero-order valence-corrected chi connectivity index (χ0v) is 16.9. The smallest absolute Gasteiger partial charge is 0.200 e. The molecule has 1 aliphatic heterocycles. The Kier molecular flexibility index (Phi) is 5.44. The molecule has 0 fully saturated rings. The van der Waals surface area contributed by atoms with Gasteiger partial charge in [0.25, 0.3) is 0 Å². The van der Waals surface area contributed by atoms with Crippen LogP contribution >= 0.6 is 20.6 Å². The molecule has 0 radical (unpaired) electrons. The topological polar surface area (TPSA) is 100 Å². The summed E-state index contributed by atoms with van der Waals surface area (Å²) in [5, 5.41) is 2.72. The number of benzene rings is 3. The highest BCUT2D eigenvalue weighted by Gasteiger charge is 2.33. The van der Waals surface area contributed by atoms with E-state index < -0.39 is 20.0 Å². The van der Waals surface area contributed by atoms with Crippen molar-refractivity contribution in [3.05, 3.63) is 77.9 Å². The van der Waals surface area contributed by atoms with E-state index in [-0.39, 0.29) is 0 Å². The van der Waals surface area contributed by atoms with Crippen molar-refractivity contribution in [1.82, 2.24) is 0 Å². The largest absolute Gasteiger partial charge is 0.497 e. The second-order valence-corrected chi connectivity index (χ2v) is 9.85. The summed E-state index contributed by atoms with van der Waals surface area (Å²) in [7, 11) is -3.30. The van der Waals surface area contributed by atoms with E-state index in [4.69, 9.17) is 8.47 Å². The van der Waals surface area contributed by atoms with Crippen molar-refractivity contribution in [2.45, 2.75) is 0 Å². The third-order valence-corrected chi connectivity index (χ3v) is 8.20. The first-order valence-corrected chi connectivity index (χ1v) is 11.8. The van der Waals surface area contributed by atoms with Gasteiger partial charge in [-0.1, -0.05) is 36.4 Å². The monoisotopic (exact) mass is 435 g/mol. The average molecular weight is 436 g/mol. The fourth-order valence-electron chi connectivity index (χ4n) is 2.70. The van der Waals surface area contributed by atoms with Gasteiger partial charge in [0.05, 0.1) is 17.4 Å². The Morgan fingerprint density at radius 1 is 0.893 bits per heavy atom. The molecule has 0 N–H and O–H groups in total. The van der Waals surface area contributed by atoms with Crippen LogP contribution in [0.3, 0.4) is 0 Å². The van der Waals surface area contributed by atoms with Crippen LogP contribution in [0.1, 0.15) is 11.1 Å². The zero-order valence-electron chi connectivity index (χ0n) is 14.5. The van der Waals surface area contributed by atoms with E-state index in [0.29, 0.717) is 21.3 Å². The molecule has 0 amide bonds.